The second kappa shape index (κ2) is 8.25. The van der Waals surface area contributed by atoms with Crippen LogP contribution in [0.1, 0.15) is 0 Å². The molecular weight excluding hydrogens is 380 g/mol. The van der Waals surface area contributed by atoms with Crippen LogP contribution in [-0.4, -0.2) is 66.5 Å². The molecule has 0 aliphatic carbocycles. The summed E-state index contributed by atoms with van der Waals surface area (Å²) >= 11 is 0. The molecule has 3 aromatic heterocycles. The van der Waals surface area contributed by atoms with E-state index in [0.717, 1.165) is 52.0 Å². The summed E-state index contributed by atoms with van der Waals surface area (Å²) in [6.07, 6.45) is 3.75. The molecule has 8 nitrogen and oxygen atoms in total. The van der Waals surface area contributed by atoms with Crippen LogP contribution in [0.5, 0.6) is 0 Å². The van der Waals surface area contributed by atoms with Gasteiger partial charge in [0.1, 0.15) is 16.7 Å². The number of benzene rings is 1. The highest BCUT2D eigenvalue weighted by Crippen LogP contribution is 2.34. The van der Waals surface area contributed by atoms with Crippen molar-refractivity contribution in [1.29, 1.82) is 0 Å². The Morgan fingerprint density at radius 1 is 1.13 bits per heavy atom. The maximum absolute atomic E-state index is 5.52. The van der Waals surface area contributed by atoms with Gasteiger partial charge in [-0.05, 0) is 18.2 Å². The molecule has 4 heterocycles. The van der Waals surface area contributed by atoms with Gasteiger partial charge in [0.05, 0.1) is 25.5 Å². The molecule has 30 heavy (non-hydrogen) atoms. The number of methoxy groups -OCH3 is 1. The van der Waals surface area contributed by atoms with Gasteiger partial charge in [0.25, 0.3) is 0 Å². The van der Waals surface area contributed by atoms with Crippen LogP contribution in [-0.2, 0) is 9.47 Å². The lowest BCUT2D eigenvalue weighted by atomic mass is 10.0. The predicted molar refractivity (Wildman–Crippen MR) is 118 cm³/mol. The van der Waals surface area contributed by atoms with Gasteiger partial charge in [0, 0.05) is 55.6 Å². The minimum atomic E-state index is 0.612. The van der Waals surface area contributed by atoms with Crippen LogP contribution in [0, 0.1) is 0 Å². The van der Waals surface area contributed by atoms with Gasteiger partial charge >= 0.3 is 0 Å². The first-order valence-electron chi connectivity index (χ1n) is 10.1. The molecule has 0 radical (unpaired) electrons. The molecule has 1 fully saturated rings. The molecule has 0 atom stereocenters. The van der Waals surface area contributed by atoms with Crippen LogP contribution in [0.15, 0.2) is 42.7 Å². The van der Waals surface area contributed by atoms with Gasteiger partial charge < -0.3 is 24.7 Å². The number of ether oxygens (including phenoxy) is 2. The van der Waals surface area contributed by atoms with E-state index in [-0.39, 0.29) is 0 Å². The maximum Gasteiger partial charge on any atom is 0.226 e. The lowest BCUT2D eigenvalue weighted by Gasteiger charge is -2.27. The Labute approximate surface area is 174 Å². The fraction of sp³-hybridized carbons (Fsp3) is 0.318. The zero-order valence-corrected chi connectivity index (χ0v) is 16.9. The van der Waals surface area contributed by atoms with Crippen molar-refractivity contribution in [2.24, 2.45) is 0 Å². The van der Waals surface area contributed by atoms with Gasteiger partial charge in [0.15, 0.2) is 0 Å². The molecule has 1 aliphatic heterocycles. The zero-order chi connectivity index (χ0) is 20.3. The molecule has 1 aromatic carbocycles. The Bertz CT molecular complexity index is 1170. The lowest BCUT2D eigenvalue weighted by molar-refractivity contribution is 0.122. The summed E-state index contributed by atoms with van der Waals surface area (Å²) in [4.78, 5) is 20.0. The Balaban J connectivity index is 1.71. The van der Waals surface area contributed by atoms with Gasteiger partial charge in [-0.1, -0.05) is 12.1 Å². The monoisotopic (exact) mass is 404 g/mol. The van der Waals surface area contributed by atoms with Crippen LogP contribution in [0.3, 0.4) is 0 Å². The van der Waals surface area contributed by atoms with Crippen molar-refractivity contribution >= 4 is 33.6 Å². The quantitative estimate of drug-likeness (QED) is 0.478. The molecule has 0 unspecified atom stereocenters. The lowest BCUT2D eigenvalue weighted by Crippen LogP contribution is -2.37. The highest BCUT2D eigenvalue weighted by Gasteiger charge is 2.20. The number of fused-ring (bicyclic) bond motifs is 2. The summed E-state index contributed by atoms with van der Waals surface area (Å²) in [5, 5.41) is 4.54. The van der Waals surface area contributed by atoms with E-state index in [0.29, 0.717) is 32.3 Å². The molecule has 154 valence electrons. The van der Waals surface area contributed by atoms with Crippen molar-refractivity contribution in [2.75, 3.05) is 56.8 Å². The standard InChI is InChI=1S/C22H24N6O2/c1-29-12-9-24-18-6-8-25-21-19(16-3-2-4-17-15(16)5-7-23-17)26-22(27-20(18)21)28-10-13-30-14-11-28/h2-8,23H,9-14H2,1H3,(H,24,25). The van der Waals surface area contributed by atoms with Crippen molar-refractivity contribution < 1.29 is 9.47 Å². The maximum atomic E-state index is 5.52. The molecule has 0 spiro atoms. The summed E-state index contributed by atoms with van der Waals surface area (Å²) in [7, 11) is 1.70. The number of morpholine rings is 1. The molecule has 1 aliphatic rings. The summed E-state index contributed by atoms with van der Waals surface area (Å²) < 4.78 is 10.7. The summed E-state index contributed by atoms with van der Waals surface area (Å²) in [5.74, 6) is 0.705. The SMILES string of the molecule is COCCNc1ccnc2c(-c3cccc4[nH]ccc34)nc(N3CCOCC3)nc12. The third-order valence-corrected chi connectivity index (χ3v) is 5.34. The fourth-order valence-electron chi connectivity index (χ4n) is 3.83. The smallest absolute Gasteiger partial charge is 0.226 e. The summed E-state index contributed by atoms with van der Waals surface area (Å²) in [6.45, 7) is 4.19. The summed E-state index contributed by atoms with van der Waals surface area (Å²) in [6, 6.07) is 10.2. The van der Waals surface area contributed by atoms with E-state index in [2.05, 4.69) is 38.4 Å². The van der Waals surface area contributed by atoms with E-state index in [9.17, 15) is 0 Å². The van der Waals surface area contributed by atoms with Crippen LogP contribution in [0.2, 0.25) is 0 Å². The second-order valence-electron chi connectivity index (χ2n) is 7.19. The van der Waals surface area contributed by atoms with Crippen molar-refractivity contribution in [3.8, 4) is 11.3 Å². The summed E-state index contributed by atoms with van der Waals surface area (Å²) in [5.41, 5.74) is 5.47. The van der Waals surface area contributed by atoms with Gasteiger partial charge in [-0.25, -0.2) is 9.97 Å². The number of nitrogens with one attached hydrogen (secondary N) is 2. The first-order valence-corrected chi connectivity index (χ1v) is 10.1. The van der Waals surface area contributed by atoms with Crippen LogP contribution < -0.4 is 10.2 Å². The number of hydrogen-bond donors (Lipinski definition) is 2. The average Bonchev–Trinajstić information content (AvgIpc) is 3.28. The third-order valence-electron chi connectivity index (χ3n) is 5.34. The van der Waals surface area contributed by atoms with Gasteiger partial charge in [-0.3, -0.25) is 4.98 Å². The van der Waals surface area contributed by atoms with E-state index in [4.69, 9.17) is 19.4 Å². The highest BCUT2D eigenvalue weighted by molar-refractivity contribution is 6.03. The fourth-order valence-corrected chi connectivity index (χ4v) is 3.83. The minimum absolute atomic E-state index is 0.612. The number of rotatable bonds is 6. The Kier molecular flexibility index (Phi) is 5.17. The number of H-pyrrole nitrogens is 1. The second-order valence-corrected chi connectivity index (χ2v) is 7.19. The molecule has 1 saturated heterocycles. The molecule has 0 saturated carbocycles. The molecule has 0 amide bonds. The molecule has 8 heteroatoms. The third kappa shape index (κ3) is 3.44. The Morgan fingerprint density at radius 2 is 2.03 bits per heavy atom. The van der Waals surface area contributed by atoms with Crippen molar-refractivity contribution in [1.82, 2.24) is 19.9 Å². The van der Waals surface area contributed by atoms with E-state index in [1.54, 1.807) is 13.3 Å². The highest BCUT2D eigenvalue weighted by atomic mass is 16.5. The number of hydrogen-bond acceptors (Lipinski definition) is 7. The number of aromatic amines is 1. The number of pyridine rings is 1. The van der Waals surface area contributed by atoms with E-state index >= 15 is 0 Å². The molecule has 0 bridgehead atoms. The Hall–Kier alpha value is -3.23. The first kappa shape index (κ1) is 18.8. The Morgan fingerprint density at radius 3 is 2.90 bits per heavy atom. The largest absolute Gasteiger partial charge is 0.383 e. The van der Waals surface area contributed by atoms with Crippen molar-refractivity contribution in [2.45, 2.75) is 0 Å². The van der Waals surface area contributed by atoms with Crippen molar-refractivity contribution in [3.05, 3.63) is 42.7 Å². The number of anilines is 2. The zero-order valence-electron chi connectivity index (χ0n) is 16.9. The van der Waals surface area contributed by atoms with Crippen LogP contribution in [0.4, 0.5) is 11.6 Å². The normalized spacial score (nSPS) is 14.5. The van der Waals surface area contributed by atoms with E-state index in [1.807, 2.05) is 18.3 Å². The average molecular weight is 404 g/mol. The van der Waals surface area contributed by atoms with Gasteiger partial charge in [-0.2, -0.15) is 0 Å². The predicted octanol–water partition coefficient (Wildman–Crippen LogP) is 3.07. The van der Waals surface area contributed by atoms with Gasteiger partial charge in [0.2, 0.25) is 5.95 Å². The van der Waals surface area contributed by atoms with Gasteiger partial charge in [-0.15, -0.1) is 0 Å². The topological polar surface area (TPSA) is 88.2 Å². The van der Waals surface area contributed by atoms with E-state index in [1.165, 1.54) is 0 Å². The van der Waals surface area contributed by atoms with Crippen LogP contribution in [0.25, 0.3) is 33.2 Å². The minimum Gasteiger partial charge on any atom is -0.383 e. The molecule has 5 rings (SSSR count). The van der Waals surface area contributed by atoms with Crippen LogP contribution >= 0.6 is 0 Å². The molecule has 2 N–H and O–H groups in total. The first-order chi connectivity index (χ1) is 14.8. The van der Waals surface area contributed by atoms with E-state index < -0.39 is 0 Å². The van der Waals surface area contributed by atoms with Crippen molar-refractivity contribution in [3.63, 3.8) is 0 Å². The molecular formula is C22H24N6O2. The number of aromatic nitrogens is 4. The molecule has 4 aromatic rings. The number of nitrogens with zero attached hydrogens (tertiary/aromatic N) is 4.